The number of nitrogens with zero attached hydrogens (tertiary/aromatic N) is 1. The number of carbonyl (C=O) groups excluding carboxylic acids is 1. The maximum atomic E-state index is 13.3. The minimum Gasteiger partial charge on any atom is -0.322 e. The summed E-state index contributed by atoms with van der Waals surface area (Å²) in [5.41, 5.74) is 0.685. The zero-order valence-corrected chi connectivity index (χ0v) is 10.2. The molecular weight excluding hydrogens is 250 g/mol. The van der Waals surface area contributed by atoms with Crippen LogP contribution in [0.15, 0.2) is 42.5 Å². The van der Waals surface area contributed by atoms with E-state index >= 15 is 0 Å². The van der Waals surface area contributed by atoms with Gasteiger partial charge in [0.1, 0.15) is 0 Å². The highest BCUT2D eigenvalue weighted by Crippen LogP contribution is 2.18. The maximum Gasteiger partial charge on any atom is 0.239 e. The summed E-state index contributed by atoms with van der Waals surface area (Å²) >= 11 is 0. The molecule has 1 aromatic carbocycles. The van der Waals surface area contributed by atoms with E-state index in [1.165, 1.54) is 0 Å². The van der Waals surface area contributed by atoms with Gasteiger partial charge in [-0.25, -0.2) is 0 Å². The van der Waals surface area contributed by atoms with Crippen molar-refractivity contribution in [3.8, 4) is 0 Å². The van der Waals surface area contributed by atoms with Crippen molar-refractivity contribution in [2.24, 2.45) is 0 Å². The molecule has 2 aromatic rings. The normalized spacial score (nSPS) is 11.9. The van der Waals surface area contributed by atoms with E-state index in [-0.39, 0.29) is 11.6 Å². The first-order chi connectivity index (χ1) is 9.08. The highest BCUT2D eigenvalue weighted by Gasteiger charge is 2.17. The van der Waals surface area contributed by atoms with Crippen LogP contribution in [0.4, 0.5) is 14.5 Å². The molecular formula is C14H12F2N2O. The van der Waals surface area contributed by atoms with Gasteiger partial charge in [0.05, 0.1) is 11.6 Å². The summed E-state index contributed by atoms with van der Waals surface area (Å²) in [7, 11) is 0. The van der Waals surface area contributed by atoms with E-state index in [1.54, 1.807) is 6.92 Å². The minimum atomic E-state index is -1.03. The van der Waals surface area contributed by atoms with Crippen molar-refractivity contribution in [2.45, 2.75) is 12.8 Å². The molecule has 1 aromatic heterocycles. The van der Waals surface area contributed by atoms with Crippen LogP contribution in [0.25, 0.3) is 0 Å². The second kappa shape index (κ2) is 5.56. The minimum absolute atomic E-state index is 0.130. The lowest BCUT2D eigenvalue weighted by Crippen LogP contribution is -2.19. The van der Waals surface area contributed by atoms with Gasteiger partial charge in [0.25, 0.3) is 0 Å². The molecule has 0 aliphatic rings. The van der Waals surface area contributed by atoms with Crippen LogP contribution < -0.4 is 5.32 Å². The van der Waals surface area contributed by atoms with Crippen molar-refractivity contribution in [2.75, 3.05) is 5.32 Å². The van der Waals surface area contributed by atoms with Gasteiger partial charge in [0.15, 0.2) is 0 Å². The van der Waals surface area contributed by atoms with Crippen molar-refractivity contribution in [3.05, 3.63) is 59.9 Å². The van der Waals surface area contributed by atoms with E-state index in [0.29, 0.717) is 0 Å². The van der Waals surface area contributed by atoms with Crippen LogP contribution in [-0.2, 0) is 4.79 Å². The second-order valence-electron chi connectivity index (χ2n) is 4.09. The predicted octanol–water partition coefficient (Wildman–Crippen LogP) is 3.10. The third kappa shape index (κ3) is 3.13. The fourth-order valence-corrected chi connectivity index (χ4v) is 1.64. The number of nitrogens with one attached hydrogen (secondary N) is 1. The van der Waals surface area contributed by atoms with Crippen molar-refractivity contribution < 1.29 is 13.6 Å². The molecule has 0 aliphatic carbocycles. The van der Waals surface area contributed by atoms with Crippen molar-refractivity contribution in [1.29, 1.82) is 0 Å². The summed E-state index contributed by atoms with van der Waals surface area (Å²) in [5.74, 6) is -2.77. The van der Waals surface area contributed by atoms with E-state index < -0.39 is 17.8 Å². The van der Waals surface area contributed by atoms with E-state index in [4.69, 9.17) is 0 Å². The molecule has 1 heterocycles. The maximum absolute atomic E-state index is 13.3. The summed E-state index contributed by atoms with van der Waals surface area (Å²) in [6.07, 6.45) is 0. The number of amides is 1. The SMILES string of the molecule is CC(C(=O)Nc1ccc(F)nc1F)c1ccccc1. The lowest BCUT2D eigenvalue weighted by molar-refractivity contribution is -0.117. The zero-order chi connectivity index (χ0) is 13.8. The summed E-state index contributed by atoms with van der Waals surface area (Å²) in [4.78, 5) is 15.0. The quantitative estimate of drug-likeness (QED) is 0.863. The molecule has 1 N–H and O–H groups in total. The Morgan fingerprint density at radius 3 is 2.47 bits per heavy atom. The van der Waals surface area contributed by atoms with E-state index in [9.17, 15) is 13.6 Å². The van der Waals surface area contributed by atoms with Gasteiger partial charge in [-0.3, -0.25) is 4.79 Å². The summed E-state index contributed by atoms with van der Waals surface area (Å²) in [5, 5.41) is 2.39. The van der Waals surface area contributed by atoms with Crippen LogP contribution >= 0.6 is 0 Å². The molecule has 5 heteroatoms. The molecule has 1 amide bonds. The van der Waals surface area contributed by atoms with Gasteiger partial charge >= 0.3 is 0 Å². The summed E-state index contributed by atoms with van der Waals surface area (Å²) < 4.78 is 26.0. The highest BCUT2D eigenvalue weighted by molar-refractivity contribution is 5.95. The Hall–Kier alpha value is -2.30. The largest absolute Gasteiger partial charge is 0.322 e. The van der Waals surface area contributed by atoms with Gasteiger partial charge in [0, 0.05) is 0 Å². The number of hydrogen-bond acceptors (Lipinski definition) is 2. The number of benzene rings is 1. The lowest BCUT2D eigenvalue weighted by atomic mass is 10.0. The molecule has 0 radical (unpaired) electrons. The van der Waals surface area contributed by atoms with Crippen LogP contribution in [0.1, 0.15) is 18.4 Å². The van der Waals surface area contributed by atoms with Gasteiger partial charge < -0.3 is 5.32 Å². The van der Waals surface area contributed by atoms with Crippen molar-refractivity contribution in [1.82, 2.24) is 4.98 Å². The Morgan fingerprint density at radius 2 is 1.84 bits per heavy atom. The molecule has 1 unspecified atom stereocenters. The molecule has 0 bridgehead atoms. The van der Waals surface area contributed by atoms with Gasteiger partial charge in [-0.2, -0.15) is 13.8 Å². The van der Waals surface area contributed by atoms with Gasteiger partial charge in [-0.05, 0) is 24.6 Å². The van der Waals surface area contributed by atoms with Gasteiger partial charge in [-0.15, -0.1) is 0 Å². The number of aromatic nitrogens is 1. The van der Waals surface area contributed by atoms with E-state index in [0.717, 1.165) is 17.7 Å². The summed E-state index contributed by atoms with van der Waals surface area (Å²) in [6.45, 7) is 1.71. The number of pyridine rings is 1. The van der Waals surface area contributed by atoms with Crippen LogP contribution in [0.3, 0.4) is 0 Å². The second-order valence-corrected chi connectivity index (χ2v) is 4.09. The number of hydrogen-bond donors (Lipinski definition) is 1. The van der Waals surface area contributed by atoms with Gasteiger partial charge in [-0.1, -0.05) is 30.3 Å². The fourth-order valence-electron chi connectivity index (χ4n) is 1.64. The Kier molecular flexibility index (Phi) is 3.85. The van der Waals surface area contributed by atoms with Gasteiger partial charge in [0.2, 0.25) is 17.8 Å². The van der Waals surface area contributed by atoms with E-state index in [1.807, 2.05) is 30.3 Å². The first-order valence-corrected chi connectivity index (χ1v) is 5.76. The zero-order valence-electron chi connectivity index (χ0n) is 10.2. The average molecular weight is 262 g/mol. The Morgan fingerprint density at radius 1 is 1.16 bits per heavy atom. The van der Waals surface area contributed by atoms with E-state index in [2.05, 4.69) is 10.3 Å². The third-order valence-corrected chi connectivity index (χ3v) is 2.77. The average Bonchev–Trinajstić information content (AvgIpc) is 2.42. The van der Waals surface area contributed by atoms with Crippen LogP contribution in [0.5, 0.6) is 0 Å². The van der Waals surface area contributed by atoms with Crippen LogP contribution in [0.2, 0.25) is 0 Å². The first kappa shape index (κ1) is 13.1. The topological polar surface area (TPSA) is 42.0 Å². The Labute approximate surface area is 109 Å². The summed E-state index contributed by atoms with van der Waals surface area (Å²) in [6, 6.07) is 11.2. The molecule has 19 heavy (non-hydrogen) atoms. The molecule has 0 spiro atoms. The monoisotopic (exact) mass is 262 g/mol. The van der Waals surface area contributed by atoms with Crippen LogP contribution in [0, 0.1) is 11.9 Å². The number of anilines is 1. The molecule has 98 valence electrons. The highest BCUT2D eigenvalue weighted by atomic mass is 19.1. The molecule has 0 aliphatic heterocycles. The number of carbonyl (C=O) groups is 1. The molecule has 2 rings (SSSR count). The molecule has 0 fully saturated rings. The van der Waals surface area contributed by atoms with Crippen molar-refractivity contribution in [3.63, 3.8) is 0 Å². The number of halogens is 2. The Bertz CT molecular complexity index is 587. The third-order valence-electron chi connectivity index (χ3n) is 2.77. The number of rotatable bonds is 3. The first-order valence-electron chi connectivity index (χ1n) is 5.76. The predicted molar refractivity (Wildman–Crippen MR) is 67.6 cm³/mol. The van der Waals surface area contributed by atoms with Crippen molar-refractivity contribution >= 4 is 11.6 Å². The molecule has 3 nitrogen and oxygen atoms in total. The standard InChI is InChI=1S/C14H12F2N2O/c1-9(10-5-3-2-4-6-10)14(19)17-11-7-8-12(15)18-13(11)16/h2-9H,1H3,(H,17,19). The van der Waals surface area contributed by atoms with Crippen LogP contribution in [-0.4, -0.2) is 10.9 Å². The lowest BCUT2D eigenvalue weighted by Gasteiger charge is -2.12. The Balaban J connectivity index is 2.13. The fraction of sp³-hybridized carbons (Fsp3) is 0.143. The smallest absolute Gasteiger partial charge is 0.239 e. The molecule has 0 saturated carbocycles. The molecule has 1 atom stereocenters. The molecule has 0 saturated heterocycles.